The number of H-pyrrole nitrogens is 1. The van der Waals surface area contributed by atoms with Crippen molar-refractivity contribution in [3.63, 3.8) is 0 Å². The molecule has 8 heteroatoms. The van der Waals surface area contributed by atoms with Crippen molar-refractivity contribution in [3.8, 4) is 0 Å². The Morgan fingerprint density at radius 1 is 1.23 bits per heavy atom. The van der Waals surface area contributed by atoms with Crippen LogP contribution in [0.15, 0.2) is 23.0 Å². The molecule has 2 unspecified atom stereocenters. The van der Waals surface area contributed by atoms with Crippen LogP contribution in [-0.4, -0.2) is 34.4 Å². The molecule has 0 radical (unpaired) electrons. The maximum atomic E-state index is 13.0. The highest BCUT2D eigenvalue weighted by molar-refractivity contribution is 6.04. The smallest absolute Gasteiger partial charge is 0.258 e. The standard InChI is InChI=1S/C23H29N5O3/c1-4-16-7-5-6-10-28(16)23-26-20-19(22(31)27-23)17(12-18(29)25-20)21(30)24-15-9-8-13(2)14(3)11-15/h8-9,11,16-17H,4-7,10,12H2,1-3H3,(H,24,30)(H2,25,26,27,29,31). The predicted octanol–water partition coefficient (Wildman–Crippen LogP) is 3.22. The van der Waals surface area contributed by atoms with E-state index in [1.165, 1.54) is 0 Å². The van der Waals surface area contributed by atoms with Gasteiger partial charge in [0, 0.05) is 24.7 Å². The molecule has 2 atom stereocenters. The fourth-order valence-corrected chi connectivity index (χ4v) is 4.47. The predicted molar refractivity (Wildman–Crippen MR) is 121 cm³/mol. The van der Waals surface area contributed by atoms with E-state index in [-0.39, 0.29) is 35.2 Å². The molecule has 0 saturated carbocycles. The quantitative estimate of drug-likeness (QED) is 0.700. The van der Waals surface area contributed by atoms with Crippen molar-refractivity contribution in [1.82, 2.24) is 9.97 Å². The Morgan fingerprint density at radius 2 is 2.03 bits per heavy atom. The molecule has 1 aromatic heterocycles. The molecule has 3 heterocycles. The van der Waals surface area contributed by atoms with E-state index in [4.69, 9.17) is 0 Å². The van der Waals surface area contributed by atoms with E-state index in [0.717, 1.165) is 43.4 Å². The van der Waals surface area contributed by atoms with Crippen molar-refractivity contribution in [2.75, 3.05) is 22.1 Å². The van der Waals surface area contributed by atoms with Crippen molar-refractivity contribution in [3.05, 3.63) is 45.2 Å². The zero-order valence-corrected chi connectivity index (χ0v) is 18.2. The summed E-state index contributed by atoms with van der Waals surface area (Å²) in [6, 6.07) is 5.93. The Hall–Kier alpha value is -3.16. The van der Waals surface area contributed by atoms with Crippen LogP contribution < -0.4 is 21.1 Å². The van der Waals surface area contributed by atoms with Gasteiger partial charge in [-0.15, -0.1) is 0 Å². The van der Waals surface area contributed by atoms with Crippen LogP contribution in [0.4, 0.5) is 17.5 Å². The molecule has 0 spiro atoms. The van der Waals surface area contributed by atoms with Gasteiger partial charge in [0.15, 0.2) is 0 Å². The molecule has 0 bridgehead atoms. The molecule has 31 heavy (non-hydrogen) atoms. The van der Waals surface area contributed by atoms with Gasteiger partial charge in [0.2, 0.25) is 17.8 Å². The summed E-state index contributed by atoms with van der Waals surface area (Å²) in [7, 11) is 0. The van der Waals surface area contributed by atoms with Crippen LogP contribution in [-0.2, 0) is 9.59 Å². The monoisotopic (exact) mass is 423 g/mol. The number of hydrogen-bond acceptors (Lipinski definition) is 5. The van der Waals surface area contributed by atoms with Gasteiger partial charge in [0.1, 0.15) is 5.82 Å². The Bertz CT molecular complexity index is 1080. The van der Waals surface area contributed by atoms with Gasteiger partial charge in [0.05, 0.1) is 11.5 Å². The number of nitrogens with zero attached hydrogens (tertiary/aromatic N) is 2. The second-order valence-electron chi connectivity index (χ2n) is 8.50. The molecule has 3 N–H and O–H groups in total. The molecular formula is C23H29N5O3. The lowest BCUT2D eigenvalue weighted by Crippen LogP contribution is -2.43. The van der Waals surface area contributed by atoms with Gasteiger partial charge in [-0.3, -0.25) is 19.4 Å². The van der Waals surface area contributed by atoms with E-state index in [0.29, 0.717) is 17.7 Å². The normalized spacial score (nSPS) is 20.7. The lowest BCUT2D eigenvalue weighted by Gasteiger charge is -2.36. The van der Waals surface area contributed by atoms with Gasteiger partial charge in [-0.25, -0.2) is 0 Å². The molecule has 2 aliphatic heterocycles. The number of aromatic nitrogens is 2. The highest BCUT2D eigenvalue weighted by Crippen LogP contribution is 2.32. The first kappa shape index (κ1) is 21.1. The number of carbonyl (C=O) groups is 2. The summed E-state index contributed by atoms with van der Waals surface area (Å²) in [6.45, 7) is 6.89. The summed E-state index contributed by atoms with van der Waals surface area (Å²) >= 11 is 0. The summed E-state index contributed by atoms with van der Waals surface area (Å²) < 4.78 is 0. The fourth-order valence-electron chi connectivity index (χ4n) is 4.47. The number of rotatable bonds is 4. The topological polar surface area (TPSA) is 107 Å². The molecule has 164 valence electrons. The average molecular weight is 424 g/mol. The van der Waals surface area contributed by atoms with Crippen molar-refractivity contribution >= 4 is 29.3 Å². The second kappa shape index (κ2) is 8.53. The van der Waals surface area contributed by atoms with Crippen LogP contribution in [0.1, 0.15) is 61.6 Å². The van der Waals surface area contributed by atoms with Gasteiger partial charge in [0.25, 0.3) is 5.56 Å². The maximum absolute atomic E-state index is 13.0. The van der Waals surface area contributed by atoms with E-state index < -0.39 is 5.92 Å². The second-order valence-corrected chi connectivity index (χ2v) is 8.50. The average Bonchev–Trinajstić information content (AvgIpc) is 2.75. The van der Waals surface area contributed by atoms with Gasteiger partial charge < -0.3 is 15.5 Å². The number of piperidine rings is 1. The molecule has 2 aromatic rings. The minimum Gasteiger partial charge on any atom is -0.339 e. The van der Waals surface area contributed by atoms with Crippen LogP contribution >= 0.6 is 0 Å². The first-order valence-corrected chi connectivity index (χ1v) is 11.0. The van der Waals surface area contributed by atoms with Crippen LogP contribution in [0.2, 0.25) is 0 Å². The number of aryl methyl sites for hydroxylation is 2. The molecule has 2 amide bonds. The molecule has 1 aromatic carbocycles. The lowest BCUT2D eigenvalue weighted by atomic mass is 9.92. The van der Waals surface area contributed by atoms with Crippen LogP contribution in [0.3, 0.4) is 0 Å². The zero-order chi connectivity index (χ0) is 22.1. The summed E-state index contributed by atoms with van der Waals surface area (Å²) in [5.74, 6) is -0.938. The minimum absolute atomic E-state index is 0.0882. The van der Waals surface area contributed by atoms with E-state index in [9.17, 15) is 14.4 Å². The van der Waals surface area contributed by atoms with E-state index in [1.807, 2.05) is 32.0 Å². The minimum atomic E-state index is -0.890. The number of nitrogens with one attached hydrogen (secondary N) is 3. The summed E-state index contributed by atoms with van der Waals surface area (Å²) in [6.07, 6.45) is 4.10. The van der Waals surface area contributed by atoms with E-state index >= 15 is 0 Å². The lowest BCUT2D eigenvalue weighted by molar-refractivity contribution is -0.123. The molecule has 1 saturated heterocycles. The van der Waals surface area contributed by atoms with Crippen LogP contribution in [0, 0.1) is 13.8 Å². The summed E-state index contributed by atoms with van der Waals surface area (Å²) in [5, 5.41) is 5.55. The van der Waals surface area contributed by atoms with Crippen molar-refractivity contribution in [2.45, 2.75) is 64.8 Å². The zero-order valence-electron chi connectivity index (χ0n) is 18.2. The number of fused-ring (bicyclic) bond motifs is 1. The highest BCUT2D eigenvalue weighted by Gasteiger charge is 2.35. The number of carbonyl (C=O) groups excluding carboxylic acids is 2. The largest absolute Gasteiger partial charge is 0.339 e. The van der Waals surface area contributed by atoms with Crippen molar-refractivity contribution in [2.24, 2.45) is 0 Å². The summed E-state index contributed by atoms with van der Waals surface area (Å²) in [4.78, 5) is 48.0. The number of benzene rings is 1. The van der Waals surface area contributed by atoms with Gasteiger partial charge >= 0.3 is 0 Å². The molecule has 0 aliphatic carbocycles. The molecule has 1 fully saturated rings. The Balaban J connectivity index is 1.65. The van der Waals surface area contributed by atoms with E-state index in [2.05, 4.69) is 32.4 Å². The van der Waals surface area contributed by atoms with Crippen LogP contribution in [0.5, 0.6) is 0 Å². The number of aromatic amines is 1. The number of amides is 2. The number of hydrogen-bond donors (Lipinski definition) is 3. The molecule has 8 nitrogen and oxygen atoms in total. The van der Waals surface area contributed by atoms with Crippen molar-refractivity contribution < 1.29 is 9.59 Å². The van der Waals surface area contributed by atoms with E-state index in [1.54, 1.807) is 0 Å². The van der Waals surface area contributed by atoms with Gasteiger partial charge in [-0.05, 0) is 62.8 Å². The van der Waals surface area contributed by atoms with Crippen molar-refractivity contribution in [1.29, 1.82) is 0 Å². The van der Waals surface area contributed by atoms with Gasteiger partial charge in [-0.1, -0.05) is 13.0 Å². The Labute approximate surface area is 181 Å². The fraction of sp³-hybridized carbons (Fsp3) is 0.478. The highest BCUT2D eigenvalue weighted by atomic mass is 16.2. The summed E-state index contributed by atoms with van der Waals surface area (Å²) in [5.41, 5.74) is 2.66. The third-order valence-electron chi connectivity index (χ3n) is 6.40. The van der Waals surface area contributed by atoms with Crippen LogP contribution in [0.25, 0.3) is 0 Å². The SMILES string of the molecule is CCC1CCCCN1c1nc2c(c(=O)[nH]1)C(C(=O)Nc1ccc(C)c(C)c1)CC(=O)N2. The third-order valence-corrected chi connectivity index (χ3v) is 6.40. The Morgan fingerprint density at radius 3 is 2.77 bits per heavy atom. The molecule has 4 rings (SSSR count). The third kappa shape index (κ3) is 4.19. The van der Waals surface area contributed by atoms with Gasteiger partial charge in [-0.2, -0.15) is 4.98 Å². The first-order chi connectivity index (χ1) is 14.9. The maximum Gasteiger partial charge on any atom is 0.258 e. The Kier molecular flexibility index (Phi) is 5.80. The first-order valence-electron chi connectivity index (χ1n) is 11.0. The molecular weight excluding hydrogens is 394 g/mol. The number of anilines is 3. The molecule has 2 aliphatic rings.